The number of anilines is 1. The maximum atomic E-state index is 12.8. The van der Waals surface area contributed by atoms with E-state index in [0.717, 1.165) is 27.2 Å². The molecule has 0 saturated carbocycles. The molecule has 184 valence electrons. The number of carbonyl (C=O) groups excluding carboxylic acids is 3. The van der Waals surface area contributed by atoms with Crippen molar-refractivity contribution in [3.8, 4) is 11.3 Å². The normalized spacial score (nSPS) is 14.6. The molecule has 0 aliphatic carbocycles. The summed E-state index contributed by atoms with van der Waals surface area (Å²) in [7, 11) is 0. The van der Waals surface area contributed by atoms with Crippen LogP contribution < -0.4 is 5.32 Å². The van der Waals surface area contributed by atoms with Crippen molar-refractivity contribution >= 4 is 46.3 Å². The Balaban J connectivity index is 1.52. The topological polar surface area (TPSA) is 123 Å². The van der Waals surface area contributed by atoms with E-state index in [1.165, 1.54) is 12.1 Å². The molecule has 1 N–H and O–H groups in total. The first kappa shape index (κ1) is 24.9. The molecule has 4 rings (SSSR count). The molecule has 3 amide bonds. The van der Waals surface area contributed by atoms with Crippen LogP contribution in [0.15, 0.2) is 51.8 Å². The maximum absolute atomic E-state index is 12.8. The number of amides is 3. The van der Waals surface area contributed by atoms with Gasteiger partial charge in [-0.1, -0.05) is 12.1 Å². The predicted molar refractivity (Wildman–Crippen MR) is 137 cm³/mol. The molecular weight excluding hydrogens is 482 g/mol. The van der Waals surface area contributed by atoms with Crippen LogP contribution in [0.1, 0.15) is 28.0 Å². The summed E-state index contributed by atoms with van der Waals surface area (Å²) in [6.45, 7) is 7.01. The number of furan rings is 1. The first-order chi connectivity index (χ1) is 17.0. The zero-order valence-electron chi connectivity index (χ0n) is 20.1. The van der Waals surface area contributed by atoms with E-state index >= 15 is 0 Å². The molecular formula is C26H23N3O6S. The van der Waals surface area contributed by atoms with Gasteiger partial charge < -0.3 is 9.73 Å². The average molecular weight is 506 g/mol. The van der Waals surface area contributed by atoms with E-state index in [1.54, 1.807) is 31.2 Å². The third-order valence-corrected chi connectivity index (χ3v) is 6.94. The van der Waals surface area contributed by atoms with Crippen LogP contribution in [0.5, 0.6) is 0 Å². The number of rotatable bonds is 6. The number of benzene rings is 2. The highest BCUT2D eigenvalue weighted by molar-refractivity contribution is 8.18. The summed E-state index contributed by atoms with van der Waals surface area (Å²) >= 11 is 0.698. The smallest absolute Gasteiger partial charge is 0.294 e. The minimum absolute atomic E-state index is 0.0887. The fourth-order valence-electron chi connectivity index (χ4n) is 3.71. The summed E-state index contributed by atoms with van der Waals surface area (Å²) < 4.78 is 5.77. The van der Waals surface area contributed by atoms with E-state index in [0.29, 0.717) is 23.0 Å². The predicted octanol–water partition coefficient (Wildman–Crippen LogP) is 5.76. The molecule has 0 spiro atoms. The first-order valence-electron chi connectivity index (χ1n) is 11.0. The van der Waals surface area contributed by atoms with Crippen molar-refractivity contribution in [1.29, 1.82) is 0 Å². The Morgan fingerprint density at radius 1 is 1.08 bits per heavy atom. The molecule has 1 aliphatic heterocycles. The van der Waals surface area contributed by atoms with E-state index in [9.17, 15) is 24.5 Å². The highest BCUT2D eigenvalue weighted by atomic mass is 32.2. The third kappa shape index (κ3) is 4.94. The Morgan fingerprint density at radius 2 is 1.81 bits per heavy atom. The molecule has 9 nitrogen and oxygen atoms in total. The van der Waals surface area contributed by atoms with E-state index in [4.69, 9.17) is 4.42 Å². The number of nitrogens with zero attached hydrogens (tertiary/aromatic N) is 2. The molecule has 0 bridgehead atoms. The maximum Gasteiger partial charge on any atom is 0.294 e. The van der Waals surface area contributed by atoms with Crippen molar-refractivity contribution in [2.24, 2.45) is 0 Å². The molecule has 2 aromatic carbocycles. The number of aryl methyl sites for hydroxylation is 3. The monoisotopic (exact) mass is 505 g/mol. The number of nitrogens with one attached hydrogen (secondary N) is 1. The number of nitro groups is 1. The summed E-state index contributed by atoms with van der Waals surface area (Å²) in [4.78, 5) is 49.8. The van der Waals surface area contributed by atoms with Crippen molar-refractivity contribution in [1.82, 2.24) is 4.90 Å². The second kappa shape index (κ2) is 9.82. The summed E-state index contributed by atoms with van der Waals surface area (Å²) in [5.41, 5.74) is 4.41. The van der Waals surface area contributed by atoms with Gasteiger partial charge in [0.05, 0.1) is 15.4 Å². The van der Waals surface area contributed by atoms with Gasteiger partial charge in [-0.3, -0.25) is 29.4 Å². The molecule has 0 unspecified atom stereocenters. The number of carbonyl (C=O) groups is 3. The van der Waals surface area contributed by atoms with Crippen molar-refractivity contribution in [2.45, 2.75) is 27.7 Å². The minimum Gasteiger partial charge on any atom is -0.456 e. The van der Waals surface area contributed by atoms with Crippen LogP contribution in [-0.2, 0) is 9.59 Å². The number of hydrogen-bond donors (Lipinski definition) is 1. The van der Waals surface area contributed by atoms with Crippen molar-refractivity contribution in [3.63, 3.8) is 0 Å². The quantitative estimate of drug-likeness (QED) is 0.256. The van der Waals surface area contributed by atoms with E-state index in [1.807, 2.05) is 32.9 Å². The fourth-order valence-corrected chi connectivity index (χ4v) is 4.53. The number of thioether (sulfide) groups is 1. The third-order valence-electron chi connectivity index (χ3n) is 6.03. The van der Waals surface area contributed by atoms with Crippen molar-refractivity contribution in [3.05, 3.63) is 85.5 Å². The molecule has 1 aromatic heterocycles. The van der Waals surface area contributed by atoms with Crippen LogP contribution in [0, 0.1) is 37.8 Å². The first-order valence-corrected chi connectivity index (χ1v) is 11.8. The highest BCUT2D eigenvalue weighted by Crippen LogP contribution is 2.36. The molecule has 3 aromatic rings. The van der Waals surface area contributed by atoms with Gasteiger partial charge in [0.2, 0.25) is 5.91 Å². The van der Waals surface area contributed by atoms with Gasteiger partial charge in [0.15, 0.2) is 0 Å². The van der Waals surface area contributed by atoms with Gasteiger partial charge in [0.1, 0.15) is 18.1 Å². The van der Waals surface area contributed by atoms with Gasteiger partial charge in [-0.05, 0) is 86.0 Å². The minimum atomic E-state index is -0.615. The Kier molecular flexibility index (Phi) is 6.80. The van der Waals surface area contributed by atoms with Crippen LogP contribution in [0.4, 0.5) is 16.2 Å². The Labute approximate surface area is 211 Å². The second-order valence-electron chi connectivity index (χ2n) is 8.48. The lowest BCUT2D eigenvalue weighted by atomic mass is 10.0. The zero-order valence-corrected chi connectivity index (χ0v) is 20.9. The Hall–Kier alpha value is -4.18. The summed E-state index contributed by atoms with van der Waals surface area (Å²) in [5, 5.41) is 13.7. The number of hydrogen-bond acceptors (Lipinski definition) is 7. The highest BCUT2D eigenvalue weighted by Gasteiger charge is 2.36. The lowest BCUT2D eigenvalue weighted by Gasteiger charge is -2.14. The lowest BCUT2D eigenvalue weighted by Crippen LogP contribution is -2.36. The summed E-state index contributed by atoms with van der Waals surface area (Å²) in [6.07, 6.45) is 1.39. The van der Waals surface area contributed by atoms with Gasteiger partial charge in [-0.15, -0.1) is 0 Å². The molecule has 36 heavy (non-hydrogen) atoms. The molecule has 0 atom stereocenters. The van der Waals surface area contributed by atoms with Gasteiger partial charge >= 0.3 is 0 Å². The van der Waals surface area contributed by atoms with Crippen LogP contribution >= 0.6 is 11.8 Å². The van der Waals surface area contributed by atoms with Gasteiger partial charge in [0.25, 0.3) is 16.8 Å². The van der Waals surface area contributed by atoms with Crippen LogP contribution in [-0.4, -0.2) is 33.4 Å². The summed E-state index contributed by atoms with van der Waals surface area (Å²) in [6, 6.07) is 11.8. The van der Waals surface area contributed by atoms with E-state index in [-0.39, 0.29) is 22.1 Å². The molecule has 1 fully saturated rings. The molecule has 10 heteroatoms. The molecule has 2 heterocycles. The second-order valence-corrected chi connectivity index (χ2v) is 9.47. The zero-order chi connectivity index (χ0) is 26.1. The van der Waals surface area contributed by atoms with Crippen LogP contribution in [0.3, 0.4) is 0 Å². The molecule has 0 radical (unpaired) electrons. The molecule has 1 aliphatic rings. The van der Waals surface area contributed by atoms with Gasteiger partial charge in [-0.2, -0.15) is 0 Å². The van der Waals surface area contributed by atoms with E-state index < -0.39 is 28.5 Å². The number of nitro benzene ring substituents is 1. The van der Waals surface area contributed by atoms with Crippen LogP contribution in [0.25, 0.3) is 17.4 Å². The summed E-state index contributed by atoms with van der Waals surface area (Å²) in [5.74, 6) is -0.586. The Morgan fingerprint density at radius 3 is 2.53 bits per heavy atom. The van der Waals surface area contributed by atoms with Gasteiger partial charge in [-0.25, -0.2) is 0 Å². The lowest BCUT2D eigenvalue weighted by molar-refractivity contribution is -0.384. The molecule has 1 saturated heterocycles. The largest absolute Gasteiger partial charge is 0.456 e. The standard InChI is InChI=1S/C26H23N3O6S/c1-14-6-5-7-20(17(14)4)27-24(30)13-28-25(31)23(36-26(28)32)12-18-8-9-22(35-18)19-10-15(2)16(3)11-21(19)29(33)34/h5-12H,13H2,1-4H3,(H,27,30)/b23-12-. The van der Waals surface area contributed by atoms with Crippen LogP contribution in [0.2, 0.25) is 0 Å². The Bertz CT molecular complexity index is 1460. The van der Waals surface area contributed by atoms with Crippen molar-refractivity contribution < 1.29 is 23.7 Å². The van der Waals surface area contributed by atoms with Gasteiger partial charge in [0, 0.05) is 17.8 Å². The fraction of sp³-hybridized carbons (Fsp3) is 0.192. The van der Waals surface area contributed by atoms with E-state index in [2.05, 4.69) is 5.32 Å². The average Bonchev–Trinajstić information content (AvgIpc) is 3.38. The van der Waals surface area contributed by atoms with Crippen molar-refractivity contribution in [2.75, 3.05) is 11.9 Å². The SMILES string of the molecule is Cc1cc(-c2ccc(/C=C3\SC(=O)N(CC(=O)Nc4cccc(C)c4C)C3=O)o2)c([N+](=O)[O-])cc1C. The number of imide groups is 1.